The number of aryl methyl sites for hydroxylation is 1. The van der Waals surface area contributed by atoms with Gasteiger partial charge in [-0.2, -0.15) is 22.8 Å². The van der Waals surface area contributed by atoms with Gasteiger partial charge in [0.05, 0.1) is 0 Å². The van der Waals surface area contributed by atoms with Gasteiger partial charge in [0.1, 0.15) is 5.82 Å². The lowest BCUT2D eigenvalue weighted by atomic mass is 10.3. The van der Waals surface area contributed by atoms with Crippen LogP contribution in [0.15, 0.2) is 12.1 Å². The minimum absolute atomic E-state index is 0.172. The van der Waals surface area contributed by atoms with Crippen molar-refractivity contribution in [1.82, 2.24) is 14.6 Å². The van der Waals surface area contributed by atoms with Gasteiger partial charge in [-0.05, 0) is 6.42 Å². The molecule has 0 radical (unpaired) electrons. The maximum Gasteiger partial charge on any atom is 0.435 e. The highest BCUT2D eigenvalue weighted by Gasteiger charge is 2.34. The van der Waals surface area contributed by atoms with E-state index in [-0.39, 0.29) is 5.65 Å². The third kappa shape index (κ3) is 2.78. The summed E-state index contributed by atoms with van der Waals surface area (Å²) in [6, 6.07) is 2.61. The van der Waals surface area contributed by atoms with Crippen LogP contribution in [0.4, 0.5) is 19.0 Å². The van der Waals surface area contributed by atoms with Crippen LogP contribution < -0.4 is 11.1 Å². The van der Waals surface area contributed by atoms with Gasteiger partial charge in [-0.3, -0.25) is 0 Å². The van der Waals surface area contributed by atoms with Gasteiger partial charge in [0.2, 0.25) is 0 Å². The van der Waals surface area contributed by atoms with Gasteiger partial charge in [0, 0.05) is 30.9 Å². The molecule has 0 aliphatic carbocycles. The second kappa shape index (κ2) is 5.04. The van der Waals surface area contributed by atoms with E-state index in [9.17, 15) is 13.2 Å². The largest absolute Gasteiger partial charge is 0.435 e. The van der Waals surface area contributed by atoms with Crippen LogP contribution in [-0.4, -0.2) is 27.7 Å². The van der Waals surface area contributed by atoms with Gasteiger partial charge in [-0.1, -0.05) is 6.92 Å². The Hall–Kier alpha value is -1.83. The molecule has 2 aromatic rings. The van der Waals surface area contributed by atoms with E-state index in [2.05, 4.69) is 15.4 Å². The molecule has 0 saturated carbocycles. The summed E-state index contributed by atoms with van der Waals surface area (Å²) in [5, 5.41) is 6.48. The highest BCUT2D eigenvalue weighted by molar-refractivity contribution is 5.51. The Kier molecular flexibility index (Phi) is 3.61. The number of halogens is 3. The summed E-state index contributed by atoms with van der Waals surface area (Å²) in [5.74, 6) is 0.461. The maximum atomic E-state index is 12.6. The molecule has 0 bridgehead atoms. The Morgan fingerprint density at radius 2 is 2.11 bits per heavy atom. The summed E-state index contributed by atoms with van der Waals surface area (Å²) in [4.78, 5) is 4.13. The Labute approximate surface area is 107 Å². The van der Waals surface area contributed by atoms with Crippen molar-refractivity contribution in [3.05, 3.63) is 23.5 Å². The van der Waals surface area contributed by atoms with Crippen LogP contribution in [0.2, 0.25) is 0 Å². The van der Waals surface area contributed by atoms with E-state index in [4.69, 9.17) is 5.73 Å². The average Bonchev–Trinajstić information content (AvgIpc) is 2.79. The number of anilines is 1. The molecule has 104 valence electrons. The summed E-state index contributed by atoms with van der Waals surface area (Å²) in [7, 11) is 0. The van der Waals surface area contributed by atoms with Crippen molar-refractivity contribution in [2.24, 2.45) is 5.73 Å². The summed E-state index contributed by atoms with van der Waals surface area (Å²) in [5.41, 5.74) is 5.29. The van der Waals surface area contributed by atoms with Gasteiger partial charge < -0.3 is 11.1 Å². The lowest BCUT2D eigenvalue weighted by molar-refractivity contribution is -0.141. The number of nitrogens with two attached hydrogens (primary N) is 1. The molecule has 0 aliphatic rings. The van der Waals surface area contributed by atoms with Gasteiger partial charge in [-0.25, -0.2) is 4.98 Å². The van der Waals surface area contributed by atoms with E-state index in [0.717, 1.165) is 10.6 Å². The van der Waals surface area contributed by atoms with E-state index in [1.54, 1.807) is 6.07 Å². The van der Waals surface area contributed by atoms with Crippen LogP contribution in [0.5, 0.6) is 0 Å². The highest BCUT2D eigenvalue weighted by Crippen LogP contribution is 2.29. The molecule has 19 heavy (non-hydrogen) atoms. The zero-order valence-corrected chi connectivity index (χ0v) is 10.3. The minimum Gasteiger partial charge on any atom is -0.369 e. The van der Waals surface area contributed by atoms with Crippen molar-refractivity contribution in [2.45, 2.75) is 19.5 Å². The SMILES string of the molecule is CCc1cc(NCCN)n2nc(C(F)(F)F)cc2n1. The van der Waals surface area contributed by atoms with Crippen LogP contribution in [0.3, 0.4) is 0 Å². The molecule has 8 heteroatoms. The van der Waals surface area contributed by atoms with Crippen molar-refractivity contribution in [2.75, 3.05) is 18.4 Å². The third-order valence-electron chi connectivity index (χ3n) is 2.58. The molecule has 2 rings (SSSR count). The lowest BCUT2D eigenvalue weighted by Crippen LogP contribution is -2.16. The number of nitrogens with zero attached hydrogens (tertiary/aromatic N) is 3. The predicted molar refractivity (Wildman–Crippen MR) is 64.9 cm³/mol. The van der Waals surface area contributed by atoms with Gasteiger partial charge in [0.15, 0.2) is 11.3 Å². The van der Waals surface area contributed by atoms with Gasteiger partial charge in [0.25, 0.3) is 0 Å². The number of fused-ring (bicyclic) bond motifs is 1. The monoisotopic (exact) mass is 273 g/mol. The normalized spacial score (nSPS) is 12.1. The van der Waals surface area contributed by atoms with E-state index < -0.39 is 11.9 Å². The molecule has 0 spiro atoms. The Morgan fingerprint density at radius 1 is 1.37 bits per heavy atom. The first kappa shape index (κ1) is 13.6. The fraction of sp³-hybridized carbons (Fsp3) is 0.455. The zero-order chi connectivity index (χ0) is 14.0. The predicted octanol–water partition coefficient (Wildman–Crippen LogP) is 1.68. The number of aromatic nitrogens is 3. The number of nitrogens with one attached hydrogen (secondary N) is 1. The fourth-order valence-corrected chi connectivity index (χ4v) is 1.67. The first-order valence-electron chi connectivity index (χ1n) is 5.86. The fourth-order valence-electron chi connectivity index (χ4n) is 1.67. The molecule has 0 saturated heterocycles. The zero-order valence-electron chi connectivity index (χ0n) is 10.3. The van der Waals surface area contributed by atoms with Crippen molar-refractivity contribution < 1.29 is 13.2 Å². The molecular formula is C11H14F3N5. The summed E-state index contributed by atoms with van der Waals surface area (Å²) >= 11 is 0. The maximum absolute atomic E-state index is 12.6. The Morgan fingerprint density at radius 3 is 2.68 bits per heavy atom. The quantitative estimate of drug-likeness (QED) is 0.889. The molecule has 2 heterocycles. The summed E-state index contributed by atoms with van der Waals surface area (Å²) < 4.78 is 39.1. The van der Waals surface area contributed by atoms with Crippen molar-refractivity contribution >= 4 is 11.5 Å². The van der Waals surface area contributed by atoms with Crippen LogP contribution in [0.1, 0.15) is 18.3 Å². The first-order valence-corrected chi connectivity index (χ1v) is 5.86. The Bertz CT molecular complexity index is 575. The number of hydrogen-bond acceptors (Lipinski definition) is 4. The lowest BCUT2D eigenvalue weighted by Gasteiger charge is -2.08. The minimum atomic E-state index is -4.48. The van der Waals surface area contributed by atoms with E-state index in [0.29, 0.717) is 31.0 Å². The smallest absolute Gasteiger partial charge is 0.369 e. The molecule has 0 aliphatic heterocycles. The molecule has 0 fully saturated rings. The number of hydrogen-bond donors (Lipinski definition) is 2. The summed E-state index contributed by atoms with van der Waals surface area (Å²) in [6.45, 7) is 2.70. The first-order chi connectivity index (χ1) is 8.95. The molecule has 0 unspecified atom stereocenters. The second-order valence-corrected chi connectivity index (χ2v) is 4.00. The average molecular weight is 273 g/mol. The van der Waals surface area contributed by atoms with Crippen LogP contribution in [0.25, 0.3) is 5.65 Å². The number of alkyl halides is 3. The molecule has 2 aromatic heterocycles. The molecular weight excluding hydrogens is 259 g/mol. The van der Waals surface area contributed by atoms with Crippen molar-refractivity contribution in [3.63, 3.8) is 0 Å². The standard InChI is InChI=1S/C11H14F3N5/c1-2-7-5-9(16-4-3-15)19-10(17-7)6-8(18-19)11(12,13)14/h5-6,16H,2-4,15H2,1H3. The molecule has 0 amide bonds. The van der Waals surface area contributed by atoms with E-state index >= 15 is 0 Å². The van der Waals surface area contributed by atoms with Crippen LogP contribution >= 0.6 is 0 Å². The van der Waals surface area contributed by atoms with Crippen LogP contribution in [-0.2, 0) is 12.6 Å². The Balaban J connectivity index is 2.54. The van der Waals surface area contributed by atoms with Crippen molar-refractivity contribution in [3.8, 4) is 0 Å². The molecule has 3 N–H and O–H groups in total. The summed E-state index contributed by atoms with van der Waals surface area (Å²) in [6.07, 6.45) is -3.86. The van der Waals surface area contributed by atoms with E-state index in [1.807, 2.05) is 6.92 Å². The van der Waals surface area contributed by atoms with Gasteiger partial charge in [-0.15, -0.1) is 0 Å². The topological polar surface area (TPSA) is 68.2 Å². The highest BCUT2D eigenvalue weighted by atomic mass is 19.4. The van der Waals surface area contributed by atoms with Crippen molar-refractivity contribution in [1.29, 1.82) is 0 Å². The third-order valence-corrected chi connectivity index (χ3v) is 2.58. The molecule has 0 atom stereocenters. The van der Waals surface area contributed by atoms with Gasteiger partial charge >= 0.3 is 6.18 Å². The second-order valence-electron chi connectivity index (χ2n) is 4.00. The molecule has 0 aromatic carbocycles. The number of rotatable bonds is 4. The van der Waals surface area contributed by atoms with E-state index in [1.165, 1.54) is 0 Å². The van der Waals surface area contributed by atoms with Crippen LogP contribution in [0, 0.1) is 0 Å². The molecule has 5 nitrogen and oxygen atoms in total.